The highest BCUT2D eigenvalue weighted by Gasteiger charge is 2.33. The number of rotatable bonds is 6. The molecule has 0 radical (unpaired) electrons. The van der Waals surface area contributed by atoms with Gasteiger partial charge in [0, 0.05) is 35.9 Å². The van der Waals surface area contributed by atoms with Crippen LogP contribution in [0.2, 0.25) is 10.0 Å². The zero-order chi connectivity index (χ0) is 27.8. The summed E-state index contributed by atoms with van der Waals surface area (Å²) in [5.41, 5.74) is 7.34. The van der Waals surface area contributed by atoms with Crippen LogP contribution in [0.3, 0.4) is 0 Å². The fourth-order valence-electron chi connectivity index (χ4n) is 5.10. The first-order valence-electron chi connectivity index (χ1n) is 12.7. The lowest BCUT2D eigenvalue weighted by Gasteiger charge is -2.34. The molecule has 0 spiro atoms. The molecule has 5 rings (SSSR count). The first-order chi connectivity index (χ1) is 18.6. The third-order valence-corrected chi connectivity index (χ3v) is 8.15. The minimum atomic E-state index is -0.958. The minimum absolute atomic E-state index is 0.197. The smallest absolute Gasteiger partial charge is 0.407 e. The first kappa shape index (κ1) is 27.0. The highest BCUT2D eigenvalue weighted by Crippen LogP contribution is 2.40. The van der Waals surface area contributed by atoms with Crippen LogP contribution in [0.25, 0.3) is 5.57 Å². The number of nitrogens with zero attached hydrogens (tertiary/aromatic N) is 3. The van der Waals surface area contributed by atoms with Crippen molar-refractivity contribution >= 4 is 40.8 Å². The number of aromatic nitrogens is 1. The molecule has 0 atom stereocenters. The number of allylic oxidation sites excluding steroid dienone is 1. The Morgan fingerprint density at radius 2 is 1.85 bits per heavy atom. The van der Waals surface area contributed by atoms with E-state index in [0.29, 0.717) is 66.3 Å². The van der Waals surface area contributed by atoms with Gasteiger partial charge in [0.25, 0.3) is 5.91 Å². The summed E-state index contributed by atoms with van der Waals surface area (Å²) in [4.78, 5) is 32.8. The van der Waals surface area contributed by atoms with Gasteiger partial charge in [0.2, 0.25) is 5.88 Å². The maximum atomic E-state index is 13.9. The maximum Gasteiger partial charge on any atom is 0.407 e. The summed E-state index contributed by atoms with van der Waals surface area (Å²) in [7, 11) is 0. The van der Waals surface area contributed by atoms with Crippen LogP contribution < -0.4 is 4.74 Å². The van der Waals surface area contributed by atoms with Crippen molar-refractivity contribution < 1.29 is 19.4 Å². The summed E-state index contributed by atoms with van der Waals surface area (Å²) >= 11 is 13.5. The van der Waals surface area contributed by atoms with Gasteiger partial charge in [-0.05, 0) is 72.7 Å². The van der Waals surface area contributed by atoms with E-state index in [0.717, 1.165) is 39.1 Å². The van der Waals surface area contributed by atoms with Crippen LogP contribution in [-0.4, -0.2) is 51.5 Å². The molecule has 0 aliphatic carbocycles. The molecule has 2 aliphatic heterocycles. The van der Waals surface area contributed by atoms with Crippen molar-refractivity contribution in [2.24, 2.45) is 0 Å². The molecule has 2 amide bonds. The van der Waals surface area contributed by atoms with E-state index in [4.69, 9.17) is 27.9 Å². The fraction of sp³-hybridized carbons (Fsp3) is 0.300. The lowest BCUT2D eigenvalue weighted by molar-refractivity contribution is 0.0725. The molecule has 1 N–H and O–H groups in total. The van der Waals surface area contributed by atoms with Crippen LogP contribution in [0.1, 0.15) is 50.8 Å². The summed E-state index contributed by atoms with van der Waals surface area (Å²) in [5.74, 6) is 0.318. The summed E-state index contributed by atoms with van der Waals surface area (Å²) in [6.07, 6.45) is -0.388. The number of amides is 2. The zero-order valence-corrected chi connectivity index (χ0v) is 23.6. The molecule has 0 saturated carbocycles. The Balaban J connectivity index is 1.43. The first-order valence-corrected chi connectivity index (χ1v) is 13.5. The third kappa shape index (κ3) is 5.34. The van der Waals surface area contributed by atoms with E-state index in [1.165, 1.54) is 4.90 Å². The van der Waals surface area contributed by atoms with Gasteiger partial charge >= 0.3 is 6.09 Å². The van der Waals surface area contributed by atoms with Crippen LogP contribution in [0.5, 0.6) is 5.88 Å². The molecule has 2 aliphatic rings. The fourth-order valence-corrected chi connectivity index (χ4v) is 5.79. The lowest BCUT2D eigenvalue weighted by Crippen LogP contribution is -2.44. The number of likely N-dealkylation sites (tertiary alicyclic amines) is 1. The number of hydrogen-bond acceptors (Lipinski definition) is 4. The monoisotopic (exact) mass is 565 g/mol. The summed E-state index contributed by atoms with van der Waals surface area (Å²) in [6, 6.07) is 13.7. The number of hydrogen-bond donors (Lipinski definition) is 1. The minimum Gasteiger partial charge on any atom is -0.473 e. The number of fused-ring (bicyclic) bond motifs is 1. The molecule has 202 valence electrons. The number of carboxylic acid groups (broad SMARTS) is 1. The highest BCUT2D eigenvalue weighted by atomic mass is 35.5. The van der Waals surface area contributed by atoms with Gasteiger partial charge in [-0.2, -0.15) is 0 Å². The van der Waals surface area contributed by atoms with Gasteiger partial charge in [0.15, 0.2) is 0 Å². The largest absolute Gasteiger partial charge is 0.473 e. The molecule has 9 heteroatoms. The number of halogens is 2. The Hall–Kier alpha value is -3.55. The van der Waals surface area contributed by atoms with Crippen LogP contribution in [-0.2, 0) is 19.6 Å². The predicted molar refractivity (Wildman–Crippen MR) is 152 cm³/mol. The number of aryl methyl sites for hydroxylation is 2. The van der Waals surface area contributed by atoms with E-state index in [9.17, 15) is 14.7 Å². The molecule has 1 fully saturated rings. The second kappa shape index (κ2) is 10.9. The standard InChI is InChI=1S/C30H29Cl2N3O4/c1-17-11-18(2)33-28(39-16-20-7-5-4-6-8-20)24(17)15-34-10-9-22-25(31)12-23(27(32)26(22)29(34)36)19(3)21-13-35(14-21)30(37)38/h4-8,11-12H,9-10,13-16H2,1-3H3,(H,37,38). The summed E-state index contributed by atoms with van der Waals surface area (Å²) in [6.45, 7) is 7.63. The van der Waals surface area contributed by atoms with Crippen molar-refractivity contribution in [2.45, 2.75) is 40.3 Å². The quantitative estimate of drug-likeness (QED) is 0.366. The molecule has 0 unspecified atom stereocenters. The van der Waals surface area contributed by atoms with E-state index < -0.39 is 6.09 Å². The molecule has 1 saturated heterocycles. The SMILES string of the molecule is CC(=C1CN(C(=O)O)C1)c1cc(Cl)c2c(c1Cl)C(=O)N(Cc1c(C)cc(C)nc1OCc1ccccc1)CC2. The van der Waals surface area contributed by atoms with Crippen molar-refractivity contribution in [3.8, 4) is 5.88 Å². The van der Waals surface area contributed by atoms with Crippen LogP contribution in [0.4, 0.5) is 4.79 Å². The van der Waals surface area contributed by atoms with Crippen molar-refractivity contribution in [3.63, 3.8) is 0 Å². The molecule has 7 nitrogen and oxygen atoms in total. The van der Waals surface area contributed by atoms with Gasteiger partial charge in [-0.25, -0.2) is 9.78 Å². The summed E-state index contributed by atoms with van der Waals surface area (Å²) in [5, 5.41) is 10.0. The van der Waals surface area contributed by atoms with Crippen molar-refractivity contribution in [1.82, 2.24) is 14.8 Å². The van der Waals surface area contributed by atoms with E-state index in [-0.39, 0.29) is 5.91 Å². The Bertz CT molecular complexity index is 1500. The molecule has 1 aromatic heterocycles. The van der Waals surface area contributed by atoms with Gasteiger partial charge in [-0.1, -0.05) is 53.5 Å². The molecule has 0 bridgehead atoms. The Morgan fingerprint density at radius 3 is 2.54 bits per heavy atom. The number of benzene rings is 2. The molecular formula is C30H29Cl2N3O4. The van der Waals surface area contributed by atoms with Gasteiger partial charge in [-0.15, -0.1) is 0 Å². The Kier molecular flexibility index (Phi) is 7.56. The molecular weight excluding hydrogens is 537 g/mol. The molecule has 39 heavy (non-hydrogen) atoms. The topological polar surface area (TPSA) is 83.0 Å². The van der Waals surface area contributed by atoms with Crippen LogP contribution in [0.15, 0.2) is 48.0 Å². The second-order valence-electron chi connectivity index (χ2n) is 10.1. The number of pyridine rings is 1. The summed E-state index contributed by atoms with van der Waals surface area (Å²) < 4.78 is 6.15. The maximum absolute atomic E-state index is 13.9. The van der Waals surface area contributed by atoms with Crippen LogP contribution >= 0.6 is 23.2 Å². The number of carbonyl (C=O) groups is 2. The van der Waals surface area contributed by atoms with Gasteiger partial charge in [-0.3, -0.25) is 4.79 Å². The normalized spacial score (nSPS) is 14.7. The third-order valence-electron chi connectivity index (χ3n) is 7.42. The number of ether oxygens (including phenoxy) is 1. The van der Waals surface area contributed by atoms with Crippen molar-refractivity contribution in [1.29, 1.82) is 0 Å². The van der Waals surface area contributed by atoms with E-state index >= 15 is 0 Å². The molecule has 2 aromatic carbocycles. The van der Waals surface area contributed by atoms with Crippen molar-refractivity contribution in [3.05, 3.63) is 97.2 Å². The van der Waals surface area contributed by atoms with Crippen molar-refractivity contribution in [2.75, 3.05) is 19.6 Å². The average molecular weight is 566 g/mol. The van der Waals surface area contributed by atoms with E-state index in [1.807, 2.05) is 57.2 Å². The van der Waals surface area contributed by atoms with Gasteiger partial charge in [0.1, 0.15) is 6.61 Å². The lowest BCUT2D eigenvalue weighted by atomic mass is 9.90. The van der Waals surface area contributed by atoms with E-state index in [2.05, 4.69) is 4.98 Å². The predicted octanol–water partition coefficient (Wildman–Crippen LogP) is 6.55. The highest BCUT2D eigenvalue weighted by molar-refractivity contribution is 6.38. The van der Waals surface area contributed by atoms with E-state index in [1.54, 1.807) is 11.0 Å². The van der Waals surface area contributed by atoms with Gasteiger partial charge in [0.05, 0.1) is 17.1 Å². The second-order valence-corrected chi connectivity index (χ2v) is 10.8. The molecule has 3 heterocycles. The molecule has 3 aromatic rings. The Morgan fingerprint density at radius 1 is 1.13 bits per heavy atom. The van der Waals surface area contributed by atoms with Gasteiger partial charge < -0.3 is 19.6 Å². The zero-order valence-electron chi connectivity index (χ0n) is 22.1. The Labute approximate surface area is 237 Å². The number of carbonyl (C=O) groups excluding carboxylic acids is 1. The van der Waals surface area contributed by atoms with Crippen LogP contribution in [0, 0.1) is 13.8 Å². The average Bonchev–Trinajstić information content (AvgIpc) is 2.86.